The van der Waals surface area contributed by atoms with E-state index in [1.165, 1.54) is 31.2 Å². The molecule has 0 saturated heterocycles. The molecule has 2 nitrogen and oxygen atoms in total. The first kappa shape index (κ1) is 13.4. The highest BCUT2D eigenvalue weighted by Crippen LogP contribution is 2.30. The van der Waals surface area contributed by atoms with Crippen molar-refractivity contribution in [3.05, 3.63) is 29.8 Å². The lowest BCUT2D eigenvalue weighted by atomic mass is 9.97. The molecule has 2 unspecified atom stereocenters. The van der Waals surface area contributed by atoms with Crippen molar-refractivity contribution in [3.8, 4) is 5.75 Å². The molecule has 0 spiro atoms. The summed E-state index contributed by atoms with van der Waals surface area (Å²) in [5.41, 5.74) is 1.25. The molecule has 1 N–H and O–H groups in total. The van der Waals surface area contributed by atoms with Gasteiger partial charge < -0.3 is 10.1 Å². The average Bonchev–Trinajstić information content (AvgIpc) is 2.92. The van der Waals surface area contributed by atoms with Crippen molar-refractivity contribution in [1.82, 2.24) is 5.32 Å². The number of ether oxygens (including phenoxy) is 1. The molecule has 2 atom stereocenters. The number of methoxy groups -OCH3 is 1. The van der Waals surface area contributed by atoms with E-state index in [-0.39, 0.29) is 0 Å². The van der Waals surface area contributed by atoms with E-state index in [0.717, 1.165) is 11.7 Å². The van der Waals surface area contributed by atoms with Crippen LogP contribution in [-0.2, 0) is 0 Å². The predicted octanol–water partition coefficient (Wildman–Crippen LogP) is 3.92. The summed E-state index contributed by atoms with van der Waals surface area (Å²) in [5.74, 6) is 1.83. The monoisotopic (exact) mass is 247 g/mol. The first-order valence-electron chi connectivity index (χ1n) is 7.11. The minimum atomic E-state index is 0.344. The van der Waals surface area contributed by atoms with Gasteiger partial charge in [-0.15, -0.1) is 0 Å². The number of hydrogen-bond acceptors (Lipinski definition) is 2. The molecule has 1 saturated carbocycles. The molecule has 0 heterocycles. The van der Waals surface area contributed by atoms with Crippen molar-refractivity contribution in [1.29, 1.82) is 0 Å². The van der Waals surface area contributed by atoms with E-state index in [1.54, 1.807) is 7.11 Å². The number of nitrogens with one attached hydrogen (secondary N) is 1. The Labute approximate surface area is 111 Å². The Hall–Kier alpha value is -1.02. The lowest BCUT2D eigenvalue weighted by Gasteiger charge is -2.26. The minimum absolute atomic E-state index is 0.344. The second-order valence-electron chi connectivity index (χ2n) is 5.46. The number of para-hydroxylation sites is 1. The fourth-order valence-corrected chi connectivity index (χ4v) is 3.10. The van der Waals surface area contributed by atoms with Crippen molar-refractivity contribution in [2.24, 2.45) is 5.92 Å². The van der Waals surface area contributed by atoms with E-state index in [4.69, 9.17) is 4.74 Å². The minimum Gasteiger partial charge on any atom is -0.496 e. The third kappa shape index (κ3) is 3.05. The maximum atomic E-state index is 5.43. The lowest BCUT2D eigenvalue weighted by Crippen LogP contribution is -2.34. The van der Waals surface area contributed by atoms with E-state index in [1.807, 2.05) is 12.1 Å². The second kappa shape index (κ2) is 6.24. The van der Waals surface area contributed by atoms with Gasteiger partial charge >= 0.3 is 0 Å². The molecule has 1 aliphatic rings. The molecule has 2 heteroatoms. The third-order valence-corrected chi connectivity index (χ3v) is 4.23. The van der Waals surface area contributed by atoms with Gasteiger partial charge in [-0.2, -0.15) is 0 Å². The van der Waals surface area contributed by atoms with Gasteiger partial charge in [0.05, 0.1) is 7.11 Å². The van der Waals surface area contributed by atoms with Crippen LogP contribution in [0.4, 0.5) is 0 Å². The second-order valence-corrected chi connectivity index (χ2v) is 5.46. The Bertz CT molecular complexity index is 371. The number of hydrogen-bond donors (Lipinski definition) is 1. The summed E-state index contributed by atoms with van der Waals surface area (Å²) in [6, 6.07) is 9.22. The topological polar surface area (TPSA) is 21.3 Å². The summed E-state index contributed by atoms with van der Waals surface area (Å²) in [7, 11) is 1.74. The Balaban J connectivity index is 1.99. The van der Waals surface area contributed by atoms with Crippen LogP contribution in [0.1, 0.15) is 51.1 Å². The molecule has 100 valence electrons. The van der Waals surface area contributed by atoms with Gasteiger partial charge in [0.15, 0.2) is 0 Å². The van der Waals surface area contributed by atoms with Gasteiger partial charge in [-0.3, -0.25) is 0 Å². The highest BCUT2D eigenvalue weighted by atomic mass is 16.5. The summed E-state index contributed by atoms with van der Waals surface area (Å²) in [6.45, 7) is 4.55. The van der Waals surface area contributed by atoms with Gasteiger partial charge in [-0.25, -0.2) is 0 Å². The van der Waals surface area contributed by atoms with Crippen LogP contribution in [0.25, 0.3) is 0 Å². The molecule has 0 aromatic heterocycles. The zero-order valence-electron chi connectivity index (χ0n) is 11.8. The van der Waals surface area contributed by atoms with Crippen LogP contribution in [0, 0.1) is 5.92 Å². The quantitative estimate of drug-likeness (QED) is 0.851. The molecule has 0 amide bonds. The van der Waals surface area contributed by atoms with Crippen LogP contribution >= 0.6 is 0 Å². The van der Waals surface area contributed by atoms with Gasteiger partial charge in [0, 0.05) is 17.6 Å². The summed E-state index contributed by atoms with van der Waals surface area (Å²) in [5, 5.41) is 3.73. The third-order valence-electron chi connectivity index (χ3n) is 4.23. The van der Waals surface area contributed by atoms with Crippen molar-refractivity contribution in [2.75, 3.05) is 7.11 Å². The summed E-state index contributed by atoms with van der Waals surface area (Å²) >= 11 is 0. The standard InChI is InChI=1S/C16H25NO/c1-12(14-8-4-5-9-14)17-13(2)15-10-6-7-11-16(15)18-3/h6-7,10-14,17H,4-5,8-9H2,1-3H3. The molecule has 0 radical (unpaired) electrons. The highest BCUT2D eigenvalue weighted by molar-refractivity contribution is 5.35. The molecule has 2 rings (SSSR count). The Morgan fingerprint density at radius 2 is 1.83 bits per heavy atom. The SMILES string of the molecule is COc1ccccc1C(C)NC(C)C1CCCC1. The molecule has 1 fully saturated rings. The van der Waals surface area contributed by atoms with Gasteiger partial charge in [0.25, 0.3) is 0 Å². The highest BCUT2D eigenvalue weighted by Gasteiger charge is 2.23. The zero-order valence-corrected chi connectivity index (χ0v) is 11.8. The first-order chi connectivity index (χ1) is 8.72. The van der Waals surface area contributed by atoms with Crippen molar-refractivity contribution < 1.29 is 4.74 Å². The van der Waals surface area contributed by atoms with Crippen molar-refractivity contribution >= 4 is 0 Å². The maximum absolute atomic E-state index is 5.43. The first-order valence-corrected chi connectivity index (χ1v) is 7.11. The average molecular weight is 247 g/mol. The molecular weight excluding hydrogens is 222 g/mol. The van der Waals surface area contributed by atoms with Crippen LogP contribution in [0.3, 0.4) is 0 Å². The fraction of sp³-hybridized carbons (Fsp3) is 0.625. The molecule has 1 aromatic rings. The van der Waals surface area contributed by atoms with Crippen LogP contribution in [0.15, 0.2) is 24.3 Å². The van der Waals surface area contributed by atoms with Gasteiger partial charge in [0.1, 0.15) is 5.75 Å². The van der Waals surface area contributed by atoms with Crippen LogP contribution in [0.2, 0.25) is 0 Å². The zero-order chi connectivity index (χ0) is 13.0. The van der Waals surface area contributed by atoms with E-state index in [2.05, 4.69) is 31.3 Å². The van der Waals surface area contributed by atoms with Gasteiger partial charge in [0.2, 0.25) is 0 Å². The maximum Gasteiger partial charge on any atom is 0.123 e. The smallest absolute Gasteiger partial charge is 0.123 e. The summed E-state index contributed by atoms with van der Waals surface area (Å²) in [6.07, 6.45) is 5.57. The summed E-state index contributed by atoms with van der Waals surface area (Å²) in [4.78, 5) is 0. The van der Waals surface area contributed by atoms with Crippen molar-refractivity contribution in [3.63, 3.8) is 0 Å². The largest absolute Gasteiger partial charge is 0.496 e. The Kier molecular flexibility index (Phi) is 4.65. The van der Waals surface area contributed by atoms with E-state index in [0.29, 0.717) is 12.1 Å². The number of rotatable bonds is 5. The molecule has 1 aromatic carbocycles. The van der Waals surface area contributed by atoms with E-state index < -0.39 is 0 Å². The van der Waals surface area contributed by atoms with E-state index in [9.17, 15) is 0 Å². The van der Waals surface area contributed by atoms with Crippen LogP contribution in [-0.4, -0.2) is 13.2 Å². The molecular formula is C16H25NO. The van der Waals surface area contributed by atoms with E-state index >= 15 is 0 Å². The van der Waals surface area contributed by atoms with Gasteiger partial charge in [-0.1, -0.05) is 31.0 Å². The Morgan fingerprint density at radius 1 is 1.17 bits per heavy atom. The normalized spacial score (nSPS) is 19.7. The van der Waals surface area contributed by atoms with Gasteiger partial charge in [-0.05, 0) is 38.7 Å². The van der Waals surface area contributed by atoms with Crippen LogP contribution < -0.4 is 10.1 Å². The Morgan fingerprint density at radius 3 is 2.50 bits per heavy atom. The summed E-state index contributed by atoms with van der Waals surface area (Å²) < 4.78 is 5.43. The van der Waals surface area contributed by atoms with Crippen LogP contribution in [0.5, 0.6) is 5.75 Å². The molecule has 0 bridgehead atoms. The molecule has 1 aliphatic carbocycles. The number of benzene rings is 1. The fourth-order valence-electron chi connectivity index (χ4n) is 3.10. The van der Waals surface area contributed by atoms with Crippen molar-refractivity contribution in [2.45, 2.75) is 51.6 Å². The predicted molar refractivity (Wildman–Crippen MR) is 76.0 cm³/mol. The lowest BCUT2D eigenvalue weighted by molar-refractivity contribution is 0.344. The molecule has 18 heavy (non-hydrogen) atoms. The molecule has 0 aliphatic heterocycles.